The third-order valence-electron chi connectivity index (χ3n) is 5.10. The largest absolute Gasteiger partial charge is 0.586 e. The number of halogens is 3. The molecule has 0 atom stereocenters. The third kappa shape index (κ3) is 4.85. The Bertz CT molecular complexity index is 1460. The van der Waals surface area contributed by atoms with Crippen LogP contribution in [-0.4, -0.2) is 29.8 Å². The summed E-state index contributed by atoms with van der Waals surface area (Å²) in [5.41, 5.74) is 2.27. The molecule has 0 aliphatic carbocycles. The van der Waals surface area contributed by atoms with Crippen molar-refractivity contribution >= 4 is 40.1 Å². The molecule has 0 bridgehead atoms. The normalized spacial score (nSPS) is 13.5. The van der Waals surface area contributed by atoms with Gasteiger partial charge >= 0.3 is 12.3 Å². The summed E-state index contributed by atoms with van der Waals surface area (Å²) in [4.78, 5) is 29.8. The molecular weight excluding hydrogens is 482 g/mol. The summed E-state index contributed by atoms with van der Waals surface area (Å²) in [6.07, 6.45) is -3.77. The molecule has 10 heteroatoms. The van der Waals surface area contributed by atoms with Gasteiger partial charge in [0.25, 0.3) is 5.91 Å². The third-order valence-corrected chi connectivity index (χ3v) is 5.35. The molecule has 2 heterocycles. The molecular formula is C25H15ClF2N2O5. The predicted molar refractivity (Wildman–Crippen MR) is 124 cm³/mol. The van der Waals surface area contributed by atoms with E-state index in [-0.39, 0.29) is 22.7 Å². The topological polar surface area (TPSA) is 86.8 Å². The number of benzene rings is 3. The van der Waals surface area contributed by atoms with Crippen LogP contribution in [0.15, 0.2) is 72.8 Å². The minimum absolute atomic E-state index is 0.152. The second kappa shape index (κ2) is 8.84. The molecule has 1 aliphatic heterocycles. The number of rotatable bonds is 5. The molecule has 7 nitrogen and oxygen atoms in total. The molecule has 0 spiro atoms. The quantitative estimate of drug-likeness (QED) is 0.358. The SMILES string of the molecule is O=C(COC(=O)c1cc(-c2ccc(Cl)cc2)nc2ccccc12)Nc1ccc2c(c1)OC(F)(F)O2. The van der Waals surface area contributed by atoms with Crippen LogP contribution in [0.4, 0.5) is 14.5 Å². The molecule has 5 rings (SSSR count). The van der Waals surface area contributed by atoms with E-state index in [2.05, 4.69) is 19.8 Å². The van der Waals surface area contributed by atoms with E-state index in [1.807, 2.05) is 0 Å². The molecule has 0 radical (unpaired) electrons. The number of anilines is 1. The fourth-order valence-electron chi connectivity index (χ4n) is 3.55. The summed E-state index contributed by atoms with van der Waals surface area (Å²) in [5, 5.41) is 3.59. The predicted octanol–water partition coefficient (Wildman–Crippen LogP) is 5.67. The molecule has 0 saturated heterocycles. The maximum absolute atomic E-state index is 13.2. The lowest BCUT2D eigenvalue weighted by molar-refractivity contribution is -0.286. The summed E-state index contributed by atoms with van der Waals surface area (Å²) in [6.45, 7) is -0.601. The number of hydrogen-bond acceptors (Lipinski definition) is 6. The molecule has 0 saturated carbocycles. The highest BCUT2D eigenvalue weighted by molar-refractivity contribution is 6.30. The van der Waals surface area contributed by atoms with Gasteiger partial charge in [0.2, 0.25) is 0 Å². The van der Waals surface area contributed by atoms with Gasteiger partial charge in [-0.2, -0.15) is 0 Å². The van der Waals surface area contributed by atoms with E-state index in [9.17, 15) is 18.4 Å². The number of carbonyl (C=O) groups excluding carboxylic acids is 2. The lowest BCUT2D eigenvalue weighted by Crippen LogP contribution is -2.25. The first-order chi connectivity index (χ1) is 16.8. The molecule has 176 valence electrons. The summed E-state index contributed by atoms with van der Waals surface area (Å²) >= 11 is 5.97. The van der Waals surface area contributed by atoms with Gasteiger partial charge in [-0.05, 0) is 36.4 Å². The highest BCUT2D eigenvalue weighted by Crippen LogP contribution is 2.42. The van der Waals surface area contributed by atoms with Crippen molar-refractivity contribution in [1.29, 1.82) is 0 Å². The van der Waals surface area contributed by atoms with Crippen LogP contribution in [-0.2, 0) is 9.53 Å². The van der Waals surface area contributed by atoms with Crippen molar-refractivity contribution in [3.63, 3.8) is 0 Å². The molecule has 1 aromatic heterocycles. The first-order valence-electron chi connectivity index (χ1n) is 10.3. The van der Waals surface area contributed by atoms with Crippen molar-refractivity contribution in [3.05, 3.63) is 83.4 Å². The zero-order chi connectivity index (χ0) is 24.6. The Balaban J connectivity index is 1.32. The molecule has 1 amide bonds. The van der Waals surface area contributed by atoms with E-state index < -0.39 is 24.8 Å². The van der Waals surface area contributed by atoms with E-state index in [0.29, 0.717) is 21.6 Å². The number of pyridine rings is 1. The van der Waals surface area contributed by atoms with Crippen LogP contribution in [0.3, 0.4) is 0 Å². The number of alkyl halides is 2. The van der Waals surface area contributed by atoms with E-state index in [1.54, 1.807) is 54.6 Å². The maximum Gasteiger partial charge on any atom is 0.586 e. The number of nitrogens with zero attached hydrogens (tertiary/aromatic N) is 1. The number of nitrogens with one attached hydrogen (secondary N) is 1. The maximum atomic E-state index is 13.2. The van der Waals surface area contributed by atoms with Crippen molar-refractivity contribution in [3.8, 4) is 22.8 Å². The van der Waals surface area contributed by atoms with Crippen molar-refractivity contribution in [2.45, 2.75) is 6.29 Å². The van der Waals surface area contributed by atoms with Gasteiger partial charge in [0.1, 0.15) is 0 Å². The van der Waals surface area contributed by atoms with Crippen LogP contribution in [0.1, 0.15) is 10.4 Å². The van der Waals surface area contributed by atoms with E-state index in [1.165, 1.54) is 18.2 Å². The van der Waals surface area contributed by atoms with Gasteiger partial charge in [0.05, 0.1) is 16.8 Å². The van der Waals surface area contributed by atoms with Crippen molar-refractivity contribution < 1.29 is 32.6 Å². The number of hydrogen-bond donors (Lipinski definition) is 1. The second-order valence-corrected chi connectivity index (χ2v) is 7.97. The van der Waals surface area contributed by atoms with Crippen molar-refractivity contribution in [1.82, 2.24) is 4.98 Å². The molecule has 1 N–H and O–H groups in total. The van der Waals surface area contributed by atoms with Gasteiger partial charge < -0.3 is 19.5 Å². The van der Waals surface area contributed by atoms with Crippen LogP contribution in [0, 0.1) is 0 Å². The average Bonchev–Trinajstić information content (AvgIpc) is 3.15. The minimum Gasteiger partial charge on any atom is -0.452 e. The van der Waals surface area contributed by atoms with Crippen molar-refractivity contribution in [2.24, 2.45) is 0 Å². The Kier molecular flexibility index (Phi) is 5.70. The highest BCUT2D eigenvalue weighted by atomic mass is 35.5. The minimum atomic E-state index is -3.77. The number of fused-ring (bicyclic) bond motifs is 2. The van der Waals surface area contributed by atoms with Gasteiger partial charge in [-0.15, -0.1) is 8.78 Å². The molecule has 4 aromatic rings. The molecule has 0 fully saturated rings. The molecule has 1 aliphatic rings. The standard InChI is InChI=1S/C25H15ClF2N2O5/c26-15-7-5-14(6-8-15)20-12-18(17-3-1-2-4-19(17)30-20)24(32)33-13-23(31)29-16-9-10-21-22(11-16)35-25(27,28)34-21/h1-12H,13H2,(H,29,31). The summed E-state index contributed by atoms with van der Waals surface area (Å²) < 4.78 is 40.2. The Hall–Kier alpha value is -4.24. The van der Waals surface area contributed by atoms with Gasteiger partial charge in [-0.1, -0.05) is 41.9 Å². The summed E-state index contributed by atoms with van der Waals surface area (Å²) in [6, 6.07) is 19.4. The van der Waals surface area contributed by atoms with Crippen LogP contribution < -0.4 is 14.8 Å². The smallest absolute Gasteiger partial charge is 0.452 e. The monoisotopic (exact) mass is 496 g/mol. The average molecular weight is 497 g/mol. The fourth-order valence-corrected chi connectivity index (χ4v) is 3.67. The van der Waals surface area contributed by atoms with Gasteiger partial charge in [-0.3, -0.25) is 4.79 Å². The van der Waals surface area contributed by atoms with Crippen LogP contribution in [0.2, 0.25) is 5.02 Å². The van der Waals surface area contributed by atoms with Crippen molar-refractivity contribution in [2.75, 3.05) is 11.9 Å². The second-order valence-electron chi connectivity index (χ2n) is 7.53. The highest BCUT2D eigenvalue weighted by Gasteiger charge is 2.43. The van der Waals surface area contributed by atoms with E-state index in [0.717, 1.165) is 5.56 Å². The summed E-state index contributed by atoms with van der Waals surface area (Å²) in [5.74, 6) is -1.76. The van der Waals surface area contributed by atoms with Gasteiger partial charge in [0, 0.05) is 27.7 Å². The van der Waals surface area contributed by atoms with Crippen LogP contribution in [0.25, 0.3) is 22.2 Å². The lowest BCUT2D eigenvalue weighted by atomic mass is 10.0. The Morgan fingerprint density at radius 2 is 1.71 bits per heavy atom. The first-order valence-corrected chi connectivity index (χ1v) is 10.7. The fraction of sp³-hybridized carbons (Fsp3) is 0.0800. The zero-order valence-electron chi connectivity index (χ0n) is 17.8. The van der Waals surface area contributed by atoms with Gasteiger partial charge in [0.15, 0.2) is 18.1 Å². The lowest BCUT2D eigenvalue weighted by Gasteiger charge is -2.11. The number of amides is 1. The number of ether oxygens (including phenoxy) is 3. The molecule has 0 unspecified atom stereocenters. The molecule has 3 aromatic carbocycles. The van der Waals surface area contributed by atoms with Gasteiger partial charge in [-0.25, -0.2) is 9.78 Å². The zero-order valence-corrected chi connectivity index (χ0v) is 18.5. The number of aromatic nitrogens is 1. The Morgan fingerprint density at radius 3 is 2.51 bits per heavy atom. The van der Waals surface area contributed by atoms with E-state index in [4.69, 9.17) is 16.3 Å². The summed E-state index contributed by atoms with van der Waals surface area (Å²) in [7, 11) is 0. The number of para-hydroxylation sites is 1. The number of carbonyl (C=O) groups is 2. The number of esters is 1. The molecule has 35 heavy (non-hydrogen) atoms. The van der Waals surface area contributed by atoms with Crippen LogP contribution in [0.5, 0.6) is 11.5 Å². The van der Waals surface area contributed by atoms with Crippen LogP contribution >= 0.6 is 11.6 Å². The Labute approximate surface area is 202 Å². The first kappa shape index (κ1) is 22.5. The Morgan fingerprint density at radius 1 is 0.971 bits per heavy atom. The van der Waals surface area contributed by atoms with E-state index >= 15 is 0 Å².